The molecule has 4 aromatic carbocycles. The summed E-state index contributed by atoms with van der Waals surface area (Å²) < 4.78 is 11.5. The maximum absolute atomic E-state index is 13.0. The summed E-state index contributed by atoms with van der Waals surface area (Å²) in [5, 5.41) is 21.3. The van der Waals surface area contributed by atoms with Crippen molar-refractivity contribution >= 4 is 6.16 Å². The first-order chi connectivity index (χ1) is 22.0. The zero-order chi connectivity index (χ0) is 33.0. The molecule has 1 heterocycles. The second-order valence-corrected chi connectivity index (χ2v) is 13.3. The van der Waals surface area contributed by atoms with Gasteiger partial charge in [0.05, 0.1) is 0 Å². The second kappa shape index (κ2) is 14.0. The van der Waals surface area contributed by atoms with Crippen molar-refractivity contribution in [2.45, 2.75) is 105 Å². The zero-order valence-electron chi connectivity index (χ0n) is 28.3. The lowest BCUT2D eigenvalue weighted by Gasteiger charge is -2.28. The van der Waals surface area contributed by atoms with E-state index in [2.05, 4.69) is 58.0 Å². The van der Waals surface area contributed by atoms with E-state index >= 15 is 0 Å². The number of hydrogen-bond donors (Lipinski definition) is 2. The Bertz CT molecular complexity index is 1730. The summed E-state index contributed by atoms with van der Waals surface area (Å²) >= 11 is 0. The van der Waals surface area contributed by atoms with Crippen molar-refractivity contribution in [3.63, 3.8) is 0 Å². The van der Waals surface area contributed by atoms with E-state index in [0.29, 0.717) is 35.8 Å². The van der Waals surface area contributed by atoms with E-state index in [1.807, 2.05) is 38.1 Å². The van der Waals surface area contributed by atoms with Crippen LogP contribution in [0.2, 0.25) is 0 Å². The van der Waals surface area contributed by atoms with Gasteiger partial charge in [0.1, 0.15) is 23.0 Å². The molecule has 0 saturated heterocycles. The number of hydrogen-bond acceptors (Lipinski definition) is 5. The number of rotatable bonds is 11. The molecule has 1 aliphatic heterocycles. The summed E-state index contributed by atoms with van der Waals surface area (Å²) in [5.74, 6) is 1.65. The molecule has 1 aliphatic rings. The fourth-order valence-corrected chi connectivity index (χ4v) is 6.55. The van der Waals surface area contributed by atoms with Crippen molar-refractivity contribution in [3.05, 3.63) is 116 Å². The maximum Gasteiger partial charge on any atom is 0.519 e. The monoisotopic (exact) mass is 620 g/mol. The van der Waals surface area contributed by atoms with Gasteiger partial charge < -0.3 is 19.7 Å². The fourth-order valence-electron chi connectivity index (χ4n) is 6.55. The van der Waals surface area contributed by atoms with Crippen molar-refractivity contribution in [2.24, 2.45) is 0 Å². The van der Waals surface area contributed by atoms with Crippen LogP contribution in [0, 0.1) is 6.92 Å². The van der Waals surface area contributed by atoms with Crippen LogP contribution in [0.25, 0.3) is 0 Å². The number of aromatic hydroxyl groups is 2. The molecule has 46 heavy (non-hydrogen) atoms. The molecule has 5 heteroatoms. The first-order valence-corrected chi connectivity index (χ1v) is 16.8. The molecule has 2 N–H and O–H groups in total. The average Bonchev–Trinajstić information content (AvgIpc) is 3.02. The molecule has 0 bridgehead atoms. The molecule has 0 atom stereocenters. The van der Waals surface area contributed by atoms with Crippen molar-refractivity contribution in [2.75, 3.05) is 0 Å². The van der Waals surface area contributed by atoms with Gasteiger partial charge in [-0.15, -0.1) is 0 Å². The summed E-state index contributed by atoms with van der Waals surface area (Å²) in [6.07, 6.45) is 7.31. The van der Waals surface area contributed by atoms with E-state index in [-0.39, 0.29) is 5.41 Å². The minimum atomic E-state index is -0.757. The highest BCUT2D eigenvalue weighted by Gasteiger charge is 2.28. The number of carbonyl (C=O) groups excluding carboxylic acids is 1. The van der Waals surface area contributed by atoms with Crippen LogP contribution < -0.4 is 9.47 Å². The highest BCUT2D eigenvalue weighted by Crippen LogP contribution is 2.39. The summed E-state index contributed by atoms with van der Waals surface area (Å²) in [6.45, 7) is 12.7. The second-order valence-electron chi connectivity index (χ2n) is 13.3. The third kappa shape index (κ3) is 7.09. The van der Waals surface area contributed by atoms with Crippen LogP contribution >= 0.6 is 0 Å². The number of phenols is 2. The summed E-state index contributed by atoms with van der Waals surface area (Å²) in [5.41, 5.74) is 9.92. The van der Waals surface area contributed by atoms with Crippen molar-refractivity contribution < 1.29 is 24.5 Å². The number of carbonyl (C=O) groups is 1. The molecule has 0 aliphatic carbocycles. The Hall–Kier alpha value is -4.25. The number of fused-ring (bicyclic) bond motifs is 2. The molecule has 0 spiro atoms. The molecule has 0 saturated carbocycles. The molecular weight excluding hydrogens is 572 g/mol. The highest BCUT2D eigenvalue weighted by molar-refractivity contribution is 5.70. The summed E-state index contributed by atoms with van der Waals surface area (Å²) in [7, 11) is 0. The van der Waals surface area contributed by atoms with E-state index in [9.17, 15) is 15.0 Å². The molecule has 0 radical (unpaired) electrons. The van der Waals surface area contributed by atoms with Gasteiger partial charge in [0.15, 0.2) is 0 Å². The third-order valence-corrected chi connectivity index (χ3v) is 9.55. The van der Waals surface area contributed by atoms with Gasteiger partial charge in [-0.05, 0) is 113 Å². The smallest absolute Gasteiger partial charge is 0.508 e. The van der Waals surface area contributed by atoms with Crippen molar-refractivity contribution in [1.29, 1.82) is 0 Å². The van der Waals surface area contributed by atoms with Gasteiger partial charge in [0, 0.05) is 18.3 Å². The van der Waals surface area contributed by atoms with Crippen LogP contribution in [-0.2, 0) is 37.5 Å². The number of aryl methyl sites for hydroxylation is 4. The normalized spacial score (nSPS) is 12.9. The lowest BCUT2D eigenvalue weighted by atomic mass is 9.76. The first kappa shape index (κ1) is 33.1. The minimum Gasteiger partial charge on any atom is -0.508 e. The molecule has 5 rings (SSSR count). The maximum atomic E-state index is 13.0. The van der Waals surface area contributed by atoms with Gasteiger partial charge in [-0.1, -0.05) is 89.9 Å². The molecular formula is C41H48O5. The molecule has 0 amide bonds. The SMILES string of the molecule is CCCCc1cc(C)c(O)c(Cc2cc3c(cc2CCCC)Cc2cc(C(C)(C)c4ccc(O)c(CC)c4)ccc2OC(=O)O3)c1. The summed E-state index contributed by atoms with van der Waals surface area (Å²) in [6, 6.07) is 20.2. The topological polar surface area (TPSA) is 76.0 Å². The van der Waals surface area contributed by atoms with E-state index in [1.54, 1.807) is 6.07 Å². The molecule has 5 nitrogen and oxygen atoms in total. The van der Waals surface area contributed by atoms with Crippen LogP contribution in [0.1, 0.15) is 116 Å². The van der Waals surface area contributed by atoms with Gasteiger partial charge in [-0.3, -0.25) is 0 Å². The molecule has 4 aromatic rings. The quantitative estimate of drug-likeness (QED) is 0.129. The largest absolute Gasteiger partial charge is 0.519 e. The Kier molecular flexibility index (Phi) is 10.1. The predicted molar refractivity (Wildman–Crippen MR) is 185 cm³/mol. The van der Waals surface area contributed by atoms with Gasteiger partial charge in [0.2, 0.25) is 0 Å². The molecule has 0 fully saturated rings. The molecule has 0 aromatic heterocycles. The number of benzene rings is 4. The lowest BCUT2D eigenvalue weighted by molar-refractivity contribution is 0.150. The van der Waals surface area contributed by atoms with Crippen LogP contribution in [-0.4, -0.2) is 16.4 Å². The van der Waals surface area contributed by atoms with Crippen LogP contribution in [0.3, 0.4) is 0 Å². The van der Waals surface area contributed by atoms with Crippen molar-refractivity contribution in [1.82, 2.24) is 0 Å². The third-order valence-electron chi connectivity index (χ3n) is 9.55. The Labute approximate surface area is 274 Å². The first-order valence-electron chi connectivity index (χ1n) is 16.8. The highest BCUT2D eigenvalue weighted by atomic mass is 16.7. The van der Waals surface area contributed by atoms with E-state index in [0.717, 1.165) is 89.5 Å². The van der Waals surface area contributed by atoms with E-state index in [4.69, 9.17) is 9.47 Å². The van der Waals surface area contributed by atoms with Crippen LogP contribution in [0.4, 0.5) is 4.79 Å². The van der Waals surface area contributed by atoms with E-state index in [1.165, 1.54) is 11.1 Å². The number of phenolic OH excluding ortho intramolecular Hbond substituents is 2. The minimum absolute atomic E-state index is 0.316. The zero-order valence-corrected chi connectivity index (χ0v) is 28.3. The Morgan fingerprint density at radius 2 is 1.39 bits per heavy atom. The Morgan fingerprint density at radius 1 is 0.717 bits per heavy atom. The Morgan fingerprint density at radius 3 is 2.13 bits per heavy atom. The fraction of sp³-hybridized carbons (Fsp3) is 0.390. The lowest BCUT2D eigenvalue weighted by Crippen LogP contribution is -2.21. The van der Waals surface area contributed by atoms with E-state index < -0.39 is 6.16 Å². The molecule has 242 valence electrons. The molecule has 0 unspecified atom stereocenters. The van der Waals surface area contributed by atoms with Crippen LogP contribution in [0.15, 0.2) is 60.7 Å². The number of ether oxygens (including phenoxy) is 2. The van der Waals surface area contributed by atoms with Gasteiger partial charge in [-0.25, -0.2) is 4.79 Å². The predicted octanol–water partition coefficient (Wildman–Crippen LogP) is 10.1. The standard InChI is InChI=1S/C41H48O5/c1-7-10-12-27-18-26(4)39(43)33(19-27)21-30-25-38-31(20-29(30)13-11-8-2)22-32-24-35(15-17-37(32)45-40(44)46-38)41(5,6)34-14-16-36(42)28(9-3)23-34/h14-20,23-25,42-43H,7-13,21-22H2,1-6H3. The van der Waals surface area contributed by atoms with Gasteiger partial charge in [-0.2, -0.15) is 0 Å². The van der Waals surface area contributed by atoms with Crippen LogP contribution in [0.5, 0.6) is 23.0 Å². The summed E-state index contributed by atoms with van der Waals surface area (Å²) in [4.78, 5) is 13.0. The van der Waals surface area contributed by atoms with Gasteiger partial charge >= 0.3 is 6.16 Å². The number of unbranched alkanes of at least 4 members (excludes halogenated alkanes) is 2. The van der Waals surface area contributed by atoms with Gasteiger partial charge in [0.25, 0.3) is 0 Å². The average molecular weight is 621 g/mol. The van der Waals surface area contributed by atoms with Crippen molar-refractivity contribution in [3.8, 4) is 23.0 Å². The Balaban J connectivity index is 1.55.